The van der Waals surface area contributed by atoms with Gasteiger partial charge in [-0.1, -0.05) is 46.3 Å². The fourth-order valence-electron chi connectivity index (χ4n) is 0.937. The molecule has 0 aliphatic carbocycles. The zero-order valence-corrected chi connectivity index (χ0v) is 9.93. The van der Waals surface area contributed by atoms with Gasteiger partial charge in [0.2, 0.25) is 0 Å². The molecule has 0 bridgehead atoms. The Labute approximate surface area is 89.4 Å². The van der Waals surface area contributed by atoms with Crippen molar-refractivity contribution < 1.29 is 4.74 Å². The molecular formula is C9H10Br2O. The van der Waals surface area contributed by atoms with Crippen LogP contribution in [-0.4, -0.2) is 12.4 Å². The normalized spacial score (nSPS) is 15.6. The molecule has 0 spiro atoms. The number of ether oxygens (including phenoxy) is 1. The highest BCUT2D eigenvalue weighted by Gasteiger charge is 2.26. The Morgan fingerprint density at radius 1 is 1.33 bits per heavy atom. The minimum Gasteiger partial charge on any atom is -0.362 e. The predicted octanol–water partition coefficient (Wildman–Crippen LogP) is 3.28. The molecule has 1 aromatic rings. The molecule has 12 heavy (non-hydrogen) atoms. The Bertz CT molecular complexity index is 232. The van der Waals surface area contributed by atoms with E-state index in [0.29, 0.717) is 0 Å². The van der Waals surface area contributed by atoms with Crippen LogP contribution in [0.5, 0.6) is 0 Å². The van der Waals surface area contributed by atoms with Crippen molar-refractivity contribution >= 4 is 31.9 Å². The maximum Gasteiger partial charge on any atom is 0.157 e. The Kier molecular flexibility index (Phi) is 3.75. The average Bonchev–Trinajstić information content (AvgIpc) is 2.18. The minimum absolute atomic E-state index is 0.395. The molecule has 1 atom stereocenters. The molecule has 0 radical (unpaired) electrons. The van der Waals surface area contributed by atoms with Gasteiger partial charge < -0.3 is 4.74 Å². The van der Waals surface area contributed by atoms with Crippen molar-refractivity contribution in [3.63, 3.8) is 0 Å². The van der Waals surface area contributed by atoms with Crippen LogP contribution in [0.2, 0.25) is 0 Å². The number of benzene rings is 1. The van der Waals surface area contributed by atoms with Crippen molar-refractivity contribution in [2.24, 2.45) is 0 Å². The third kappa shape index (κ3) is 2.09. The van der Waals surface area contributed by atoms with Crippen LogP contribution in [0.25, 0.3) is 0 Å². The molecule has 0 fully saturated rings. The van der Waals surface area contributed by atoms with Crippen molar-refractivity contribution in [2.45, 2.75) is 4.51 Å². The molecular weight excluding hydrogens is 284 g/mol. The molecule has 1 unspecified atom stereocenters. The number of hydrogen-bond donors (Lipinski definition) is 0. The van der Waals surface area contributed by atoms with E-state index < -0.39 is 4.51 Å². The summed E-state index contributed by atoms with van der Waals surface area (Å²) in [6, 6.07) is 10.0. The lowest BCUT2D eigenvalue weighted by atomic mass is 10.1. The average molecular weight is 294 g/mol. The highest BCUT2D eigenvalue weighted by atomic mass is 79.9. The summed E-state index contributed by atoms with van der Waals surface area (Å²) in [7, 11) is 1.68. The minimum atomic E-state index is -0.395. The van der Waals surface area contributed by atoms with E-state index in [1.807, 2.05) is 30.3 Å². The van der Waals surface area contributed by atoms with Crippen LogP contribution >= 0.6 is 31.9 Å². The zero-order valence-electron chi connectivity index (χ0n) is 6.76. The molecule has 0 saturated carbocycles. The van der Waals surface area contributed by atoms with Gasteiger partial charge in [-0.15, -0.1) is 0 Å². The van der Waals surface area contributed by atoms with E-state index in [9.17, 15) is 0 Å². The number of halogens is 2. The standard InChI is InChI=1S/C9H10Br2O/c1-12-9(11,7-10)8-5-3-2-4-6-8/h2-6H,7H2,1H3. The topological polar surface area (TPSA) is 9.23 Å². The first-order chi connectivity index (χ1) is 5.73. The third-order valence-electron chi connectivity index (χ3n) is 1.70. The van der Waals surface area contributed by atoms with E-state index in [1.165, 1.54) is 0 Å². The van der Waals surface area contributed by atoms with Crippen LogP contribution in [0.1, 0.15) is 5.56 Å². The Morgan fingerprint density at radius 2 is 1.92 bits per heavy atom. The van der Waals surface area contributed by atoms with Crippen molar-refractivity contribution in [3.05, 3.63) is 35.9 Å². The lowest BCUT2D eigenvalue weighted by Crippen LogP contribution is -2.21. The van der Waals surface area contributed by atoms with Gasteiger partial charge in [-0.2, -0.15) is 0 Å². The lowest BCUT2D eigenvalue weighted by molar-refractivity contribution is 0.0979. The number of methoxy groups -OCH3 is 1. The first kappa shape index (κ1) is 10.2. The molecule has 3 heteroatoms. The van der Waals surface area contributed by atoms with Crippen molar-refractivity contribution in [1.82, 2.24) is 0 Å². The van der Waals surface area contributed by atoms with Crippen molar-refractivity contribution in [2.75, 3.05) is 12.4 Å². The molecule has 0 heterocycles. The van der Waals surface area contributed by atoms with Gasteiger partial charge in [0, 0.05) is 12.4 Å². The smallest absolute Gasteiger partial charge is 0.157 e. The van der Waals surface area contributed by atoms with Gasteiger partial charge in [0.25, 0.3) is 0 Å². The second-order valence-corrected chi connectivity index (χ2v) is 4.27. The molecule has 1 rings (SSSR count). The highest BCUT2D eigenvalue weighted by molar-refractivity contribution is 9.12. The van der Waals surface area contributed by atoms with Gasteiger partial charge in [-0.05, 0) is 21.5 Å². The van der Waals surface area contributed by atoms with Gasteiger partial charge in [0.05, 0.1) is 0 Å². The van der Waals surface area contributed by atoms with Crippen LogP contribution < -0.4 is 0 Å². The summed E-state index contributed by atoms with van der Waals surface area (Å²) in [5, 5.41) is 0.723. The second-order valence-electron chi connectivity index (χ2n) is 2.43. The molecule has 0 amide bonds. The number of rotatable bonds is 3. The Morgan fingerprint density at radius 3 is 2.33 bits per heavy atom. The summed E-state index contributed by atoms with van der Waals surface area (Å²) in [4.78, 5) is 0. The molecule has 0 aromatic heterocycles. The van der Waals surface area contributed by atoms with Gasteiger partial charge in [-0.25, -0.2) is 0 Å². The monoisotopic (exact) mass is 292 g/mol. The van der Waals surface area contributed by atoms with E-state index >= 15 is 0 Å². The van der Waals surface area contributed by atoms with Crippen LogP contribution in [-0.2, 0) is 9.25 Å². The molecule has 1 aromatic carbocycles. The van der Waals surface area contributed by atoms with Crippen LogP contribution in [0, 0.1) is 0 Å². The number of alkyl halides is 2. The molecule has 0 aliphatic rings. The summed E-state index contributed by atoms with van der Waals surface area (Å²) in [6.45, 7) is 0. The van der Waals surface area contributed by atoms with E-state index in [-0.39, 0.29) is 0 Å². The Balaban J connectivity index is 2.95. The van der Waals surface area contributed by atoms with E-state index in [1.54, 1.807) is 7.11 Å². The molecule has 66 valence electrons. The quantitative estimate of drug-likeness (QED) is 0.777. The number of hydrogen-bond acceptors (Lipinski definition) is 1. The highest BCUT2D eigenvalue weighted by Crippen LogP contribution is 2.33. The van der Waals surface area contributed by atoms with E-state index in [0.717, 1.165) is 10.9 Å². The second kappa shape index (κ2) is 4.40. The Hall–Kier alpha value is 0.140. The summed E-state index contributed by atoms with van der Waals surface area (Å²) >= 11 is 6.92. The first-order valence-corrected chi connectivity index (χ1v) is 5.50. The largest absolute Gasteiger partial charge is 0.362 e. The van der Waals surface area contributed by atoms with Crippen molar-refractivity contribution in [3.8, 4) is 0 Å². The van der Waals surface area contributed by atoms with Crippen LogP contribution in [0.4, 0.5) is 0 Å². The summed E-state index contributed by atoms with van der Waals surface area (Å²) < 4.78 is 4.95. The lowest BCUT2D eigenvalue weighted by Gasteiger charge is -2.23. The van der Waals surface area contributed by atoms with Gasteiger partial charge >= 0.3 is 0 Å². The van der Waals surface area contributed by atoms with E-state index in [2.05, 4.69) is 31.9 Å². The van der Waals surface area contributed by atoms with Gasteiger partial charge in [0.15, 0.2) is 4.51 Å². The van der Waals surface area contributed by atoms with Crippen molar-refractivity contribution in [1.29, 1.82) is 0 Å². The van der Waals surface area contributed by atoms with Crippen LogP contribution in [0.15, 0.2) is 30.3 Å². The fourth-order valence-corrected chi connectivity index (χ4v) is 1.75. The van der Waals surface area contributed by atoms with Crippen LogP contribution in [0.3, 0.4) is 0 Å². The maximum atomic E-state index is 5.34. The fraction of sp³-hybridized carbons (Fsp3) is 0.333. The summed E-state index contributed by atoms with van der Waals surface area (Å²) in [5.74, 6) is 0. The zero-order chi connectivity index (χ0) is 9.03. The maximum absolute atomic E-state index is 5.34. The predicted molar refractivity (Wildman–Crippen MR) is 57.9 cm³/mol. The van der Waals surface area contributed by atoms with E-state index in [4.69, 9.17) is 4.74 Å². The summed E-state index contributed by atoms with van der Waals surface area (Å²) in [5.41, 5.74) is 1.12. The third-order valence-corrected chi connectivity index (χ3v) is 4.30. The molecule has 1 nitrogen and oxygen atoms in total. The molecule has 0 N–H and O–H groups in total. The molecule has 0 aliphatic heterocycles. The first-order valence-electron chi connectivity index (χ1n) is 3.58. The van der Waals surface area contributed by atoms with Gasteiger partial charge in [0.1, 0.15) is 0 Å². The SMILES string of the molecule is COC(Br)(CBr)c1ccccc1. The van der Waals surface area contributed by atoms with Gasteiger partial charge in [-0.3, -0.25) is 0 Å². The molecule has 0 saturated heterocycles. The summed E-state index contributed by atoms with van der Waals surface area (Å²) in [6.07, 6.45) is 0.